The molecule has 2 aliphatic carbocycles. The minimum Gasteiger partial charge on any atom is -0.370 e. The van der Waals surface area contributed by atoms with Crippen LogP contribution in [-0.2, 0) is 0 Å². The first-order chi connectivity index (χ1) is 11.2. The molecular weight excluding hydrogens is 282 g/mol. The van der Waals surface area contributed by atoms with E-state index in [2.05, 4.69) is 29.4 Å². The second-order valence-electron chi connectivity index (χ2n) is 6.94. The first-order valence-corrected chi connectivity index (χ1v) is 9.35. The Morgan fingerprint density at radius 1 is 0.913 bits per heavy atom. The van der Waals surface area contributed by atoms with Crippen molar-refractivity contribution >= 4 is 5.96 Å². The van der Waals surface area contributed by atoms with Crippen molar-refractivity contribution in [1.29, 1.82) is 0 Å². The zero-order valence-corrected chi connectivity index (χ0v) is 14.6. The smallest absolute Gasteiger partial charge is 0.189 e. The zero-order valence-electron chi connectivity index (χ0n) is 14.6. The summed E-state index contributed by atoms with van der Waals surface area (Å²) < 4.78 is 0. The molecule has 0 unspecified atom stereocenters. The number of nitrogens with zero attached hydrogens (tertiary/aromatic N) is 1. The van der Waals surface area contributed by atoms with Crippen LogP contribution in [0.5, 0.6) is 0 Å². The summed E-state index contributed by atoms with van der Waals surface area (Å²) in [5.41, 5.74) is 7.30. The Hall–Kier alpha value is -1.51. The summed E-state index contributed by atoms with van der Waals surface area (Å²) in [6.07, 6.45) is 13.1. The lowest BCUT2D eigenvalue weighted by Gasteiger charge is -2.24. The molecule has 0 radical (unpaired) electrons. The second-order valence-corrected chi connectivity index (χ2v) is 6.94. The lowest BCUT2D eigenvalue weighted by atomic mass is 9.95. The number of nitrogens with one attached hydrogen (secondary N) is 1. The second kappa shape index (κ2) is 10.3. The number of hydrogen-bond donors (Lipinski definition) is 2. The van der Waals surface area contributed by atoms with Crippen LogP contribution in [0.4, 0.5) is 0 Å². The molecule has 0 bridgehead atoms. The fourth-order valence-electron chi connectivity index (χ4n) is 3.43. The summed E-state index contributed by atoms with van der Waals surface area (Å²) in [7, 11) is 0. The third kappa shape index (κ3) is 7.54. The minimum absolute atomic E-state index is 0.491. The number of nitrogens with two attached hydrogens (primary N) is 1. The summed E-state index contributed by atoms with van der Waals surface area (Å²) in [6.45, 7) is 2.08. The number of aryl methyl sites for hydroxylation is 1. The van der Waals surface area contributed by atoms with E-state index in [0.717, 1.165) is 0 Å². The maximum Gasteiger partial charge on any atom is 0.189 e. The van der Waals surface area contributed by atoms with Gasteiger partial charge in [-0.25, -0.2) is 0 Å². The molecule has 128 valence electrons. The molecule has 23 heavy (non-hydrogen) atoms. The molecule has 0 saturated heterocycles. The molecule has 0 heterocycles. The maximum absolute atomic E-state index is 5.97. The normalized spacial score (nSPS) is 20.5. The van der Waals surface area contributed by atoms with Crippen LogP contribution in [0.3, 0.4) is 0 Å². The first-order valence-electron chi connectivity index (χ1n) is 9.35. The summed E-state index contributed by atoms with van der Waals surface area (Å²) in [4.78, 5) is 4.61. The van der Waals surface area contributed by atoms with Crippen molar-refractivity contribution in [1.82, 2.24) is 5.32 Å². The average Bonchev–Trinajstić information content (AvgIpc) is 2.58. The van der Waals surface area contributed by atoms with E-state index in [-0.39, 0.29) is 0 Å². The third-order valence-corrected chi connectivity index (χ3v) is 4.79. The maximum atomic E-state index is 5.97. The van der Waals surface area contributed by atoms with Gasteiger partial charge in [-0.05, 0) is 32.6 Å². The Morgan fingerprint density at radius 2 is 1.48 bits per heavy atom. The molecule has 3 N–H and O–H groups in total. The van der Waals surface area contributed by atoms with E-state index in [0.29, 0.717) is 18.0 Å². The van der Waals surface area contributed by atoms with Crippen molar-refractivity contribution in [3.63, 3.8) is 0 Å². The number of guanidine groups is 1. The van der Waals surface area contributed by atoms with Crippen LogP contribution in [0.25, 0.3) is 0 Å². The largest absolute Gasteiger partial charge is 0.370 e. The van der Waals surface area contributed by atoms with Crippen molar-refractivity contribution in [2.45, 2.75) is 83.2 Å². The van der Waals surface area contributed by atoms with Gasteiger partial charge in [-0.3, -0.25) is 4.99 Å². The summed E-state index contributed by atoms with van der Waals surface area (Å²) in [5.74, 6) is 0.693. The van der Waals surface area contributed by atoms with Crippen LogP contribution in [0.1, 0.15) is 69.8 Å². The highest BCUT2D eigenvalue weighted by Crippen LogP contribution is 2.20. The van der Waals surface area contributed by atoms with Crippen LogP contribution >= 0.6 is 0 Å². The van der Waals surface area contributed by atoms with Gasteiger partial charge in [0.1, 0.15) is 0 Å². The van der Waals surface area contributed by atoms with Crippen molar-refractivity contribution in [3.8, 4) is 0 Å². The molecule has 0 amide bonds. The van der Waals surface area contributed by atoms with Gasteiger partial charge in [0.15, 0.2) is 5.96 Å². The van der Waals surface area contributed by atoms with E-state index in [4.69, 9.17) is 5.73 Å². The molecule has 1 aromatic carbocycles. The Balaban J connectivity index is 0.000000229. The van der Waals surface area contributed by atoms with Crippen molar-refractivity contribution in [3.05, 3.63) is 35.9 Å². The Labute approximate surface area is 141 Å². The molecule has 0 aromatic heterocycles. The number of aliphatic imine (C=N–C) groups is 1. The van der Waals surface area contributed by atoms with Crippen LogP contribution in [0.2, 0.25) is 0 Å². The van der Waals surface area contributed by atoms with Crippen LogP contribution < -0.4 is 11.1 Å². The predicted molar refractivity (Wildman–Crippen MR) is 99.7 cm³/mol. The van der Waals surface area contributed by atoms with Gasteiger partial charge in [0, 0.05) is 6.04 Å². The first kappa shape index (κ1) is 17.8. The van der Waals surface area contributed by atoms with Gasteiger partial charge >= 0.3 is 0 Å². The molecule has 2 fully saturated rings. The van der Waals surface area contributed by atoms with Crippen LogP contribution in [0.15, 0.2) is 35.3 Å². The number of benzene rings is 1. The van der Waals surface area contributed by atoms with Crippen molar-refractivity contribution in [2.75, 3.05) is 0 Å². The molecule has 3 nitrogen and oxygen atoms in total. The van der Waals surface area contributed by atoms with E-state index < -0.39 is 0 Å². The van der Waals surface area contributed by atoms with E-state index >= 15 is 0 Å². The van der Waals surface area contributed by atoms with Crippen molar-refractivity contribution < 1.29 is 0 Å². The fraction of sp³-hybridized carbons (Fsp3) is 0.650. The van der Waals surface area contributed by atoms with Gasteiger partial charge in [0.2, 0.25) is 0 Å². The molecule has 0 aliphatic heterocycles. The van der Waals surface area contributed by atoms with Crippen molar-refractivity contribution in [2.24, 2.45) is 10.7 Å². The molecular formula is C20H33N3. The molecule has 3 heteroatoms. The van der Waals surface area contributed by atoms with Gasteiger partial charge in [0.25, 0.3) is 0 Å². The minimum atomic E-state index is 0.491. The SMILES string of the molecule is Cc1ccccc1.NC(=NC1CCCCC1)NC1CCCCC1. The quantitative estimate of drug-likeness (QED) is 0.621. The fourth-order valence-corrected chi connectivity index (χ4v) is 3.43. The Kier molecular flexibility index (Phi) is 7.99. The number of rotatable bonds is 2. The third-order valence-electron chi connectivity index (χ3n) is 4.79. The molecule has 2 saturated carbocycles. The lowest BCUT2D eigenvalue weighted by Crippen LogP contribution is -2.41. The Bertz CT molecular complexity index is 443. The molecule has 2 aliphatic rings. The highest BCUT2D eigenvalue weighted by Gasteiger charge is 2.15. The standard InChI is InChI=1S/C13H25N3.C7H8/c14-13(15-11-7-3-1-4-8-11)16-12-9-5-2-6-10-12;1-7-5-3-2-4-6-7/h11-12H,1-10H2,(H3,14,15,16);2-6H,1H3. The van der Waals surface area contributed by atoms with Crippen LogP contribution in [-0.4, -0.2) is 18.0 Å². The average molecular weight is 316 g/mol. The van der Waals surface area contributed by atoms with E-state index in [1.807, 2.05) is 18.2 Å². The van der Waals surface area contributed by atoms with Crippen LogP contribution in [0, 0.1) is 6.92 Å². The molecule has 1 aromatic rings. The van der Waals surface area contributed by atoms with Gasteiger partial charge in [-0.2, -0.15) is 0 Å². The summed E-state index contributed by atoms with van der Waals surface area (Å²) >= 11 is 0. The lowest BCUT2D eigenvalue weighted by molar-refractivity contribution is 0.407. The summed E-state index contributed by atoms with van der Waals surface area (Å²) in [5, 5.41) is 3.39. The van der Waals surface area contributed by atoms with Gasteiger partial charge in [-0.1, -0.05) is 74.4 Å². The Morgan fingerprint density at radius 3 is 2.00 bits per heavy atom. The predicted octanol–water partition coefficient (Wildman–Crippen LogP) is 4.55. The van der Waals surface area contributed by atoms with Gasteiger partial charge < -0.3 is 11.1 Å². The zero-order chi connectivity index (χ0) is 16.3. The molecule has 3 rings (SSSR count). The van der Waals surface area contributed by atoms with E-state index in [1.54, 1.807) is 0 Å². The highest BCUT2D eigenvalue weighted by atomic mass is 15.1. The summed E-state index contributed by atoms with van der Waals surface area (Å²) in [6, 6.07) is 11.3. The van der Waals surface area contributed by atoms with E-state index in [9.17, 15) is 0 Å². The van der Waals surface area contributed by atoms with E-state index in [1.165, 1.54) is 69.8 Å². The number of hydrogen-bond acceptors (Lipinski definition) is 1. The highest BCUT2D eigenvalue weighted by molar-refractivity contribution is 5.78. The van der Waals surface area contributed by atoms with Gasteiger partial charge in [-0.15, -0.1) is 0 Å². The monoisotopic (exact) mass is 315 g/mol. The molecule has 0 spiro atoms. The topological polar surface area (TPSA) is 50.4 Å². The molecule has 0 atom stereocenters. The van der Waals surface area contributed by atoms with Gasteiger partial charge in [0.05, 0.1) is 6.04 Å².